The monoisotopic (exact) mass is 202 g/mol. The Morgan fingerprint density at radius 3 is 2.70 bits per heavy atom. The summed E-state index contributed by atoms with van der Waals surface area (Å²) in [5.41, 5.74) is 1.01. The van der Waals surface area contributed by atoms with Gasteiger partial charge >= 0.3 is 0 Å². The average Bonchev–Trinajstić information content (AvgIpc) is 1.94. The van der Waals surface area contributed by atoms with Crippen LogP contribution in [0.4, 0.5) is 4.39 Å². The van der Waals surface area contributed by atoms with E-state index >= 15 is 0 Å². The van der Waals surface area contributed by atoms with E-state index in [0.717, 1.165) is 16.5 Å². The standard InChI is InChI=1S/C8H8BrF/c1-2-6-5-7(10)3-4-8(6)9/h3-5H,2H2,1H3. The highest BCUT2D eigenvalue weighted by Gasteiger charge is 1.97. The molecule has 0 saturated heterocycles. The first-order valence-electron chi connectivity index (χ1n) is 3.18. The van der Waals surface area contributed by atoms with E-state index in [9.17, 15) is 4.39 Å². The van der Waals surface area contributed by atoms with Crippen molar-refractivity contribution in [1.29, 1.82) is 0 Å². The third-order valence-corrected chi connectivity index (χ3v) is 2.16. The quantitative estimate of drug-likeness (QED) is 0.657. The largest absolute Gasteiger partial charge is 0.207 e. The third-order valence-electron chi connectivity index (χ3n) is 1.39. The summed E-state index contributed by atoms with van der Waals surface area (Å²) in [6.45, 7) is 2.00. The topological polar surface area (TPSA) is 0 Å². The van der Waals surface area contributed by atoms with Crippen LogP contribution >= 0.6 is 15.9 Å². The highest BCUT2D eigenvalue weighted by atomic mass is 79.9. The van der Waals surface area contributed by atoms with Gasteiger partial charge < -0.3 is 0 Å². The molecular weight excluding hydrogens is 195 g/mol. The predicted octanol–water partition coefficient (Wildman–Crippen LogP) is 3.15. The summed E-state index contributed by atoms with van der Waals surface area (Å²) in [4.78, 5) is 0. The molecule has 0 N–H and O–H groups in total. The van der Waals surface area contributed by atoms with Gasteiger partial charge in [-0.2, -0.15) is 0 Å². The van der Waals surface area contributed by atoms with Crippen LogP contribution in [-0.2, 0) is 6.42 Å². The summed E-state index contributed by atoms with van der Waals surface area (Å²) in [7, 11) is 0. The SMILES string of the molecule is CCc1cc(F)ccc1Br. The van der Waals surface area contributed by atoms with Crippen LogP contribution in [-0.4, -0.2) is 0 Å². The van der Waals surface area contributed by atoms with E-state index in [1.165, 1.54) is 6.07 Å². The fraction of sp³-hybridized carbons (Fsp3) is 0.250. The Morgan fingerprint density at radius 2 is 2.20 bits per heavy atom. The van der Waals surface area contributed by atoms with E-state index in [-0.39, 0.29) is 5.82 Å². The minimum Gasteiger partial charge on any atom is -0.207 e. The predicted molar refractivity (Wildman–Crippen MR) is 43.5 cm³/mol. The summed E-state index contributed by atoms with van der Waals surface area (Å²) in [5, 5.41) is 0. The van der Waals surface area contributed by atoms with Gasteiger partial charge in [0.15, 0.2) is 0 Å². The summed E-state index contributed by atoms with van der Waals surface area (Å²) in [5.74, 6) is -0.167. The highest BCUT2D eigenvalue weighted by Crippen LogP contribution is 2.17. The van der Waals surface area contributed by atoms with Gasteiger partial charge in [0.1, 0.15) is 5.82 Å². The summed E-state index contributed by atoms with van der Waals surface area (Å²) in [6.07, 6.45) is 0.859. The van der Waals surface area contributed by atoms with Crippen LogP contribution in [0.1, 0.15) is 12.5 Å². The van der Waals surface area contributed by atoms with E-state index < -0.39 is 0 Å². The number of halogens is 2. The number of rotatable bonds is 1. The summed E-state index contributed by atoms with van der Waals surface area (Å²) in [6, 6.07) is 4.72. The number of benzene rings is 1. The third kappa shape index (κ3) is 1.57. The van der Waals surface area contributed by atoms with Gasteiger partial charge in [0.2, 0.25) is 0 Å². The van der Waals surface area contributed by atoms with Crippen molar-refractivity contribution in [3.05, 3.63) is 34.1 Å². The molecule has 0 spiro atoms. The second kappa shape index (κ2) is 3.15. The molecule has 0 radical (unpaired) electrons. The Kier molecular flexibility index (Phi) is 2.44. The number of hydrogen-bond donors (Lipinski definition) is 0. The van der Waals surface area contributed by atoms with Crippen LogP contribution in [0, 0.1) is 5.82 Å². The van der Waals surface area contributed by atoms with Crippen molar-refractivity contribution < 1.29 is 4.39 Å². The molecule has 0 aliphatic heterocycles. The molecule has 0 aliphatic rings. The molecule has 0 aliphatic carbocycles. The molecule has 0 bridgehead atoms. The normalized spacial score (nSPS) is 9.90. The molecular formula is C8H8BrF. The molecule has 0 saturated carbocycles. The molecule has 0 fully saturated rings. The minimum absolute atomic E-state index is 0.167. The summed E-state index contributed by atoms with van der Waals surface area (Å²) >= 11 is 3.32. The fourth-order valence-electron chi connectivity index (χ4n) is 0.814. The molecule has 1 aromatic rings. The molecule has 0 atom stereocenters. The zero-order valence-corrected chi connectivity index (χ0v) is 7.28. The van der Waals surface area contributed by atoms with Gasteiger partial charge in [0.25, 0.3) is 0 Å². The van der Waals surface area contributed by atoms with Crippen molar-refractivity contribution >= 4 is 15.9 Å². The van der Waals surface area contributed by atoms with E-state index in [2.05, 4.69) is 15.9 Å². The van der Waals surface area contributed by atoms with Crippen LogP contribution in [0.2, 0.25) is 0 Å². The van der Waals surface area contributed by atoms with Crippen molar-refractivity contribution in [2.24, 2.45) is 0 Å². The lowest BCUT2D eigenvalue weighted by Gasteiger charge is -1.98. The zero-order chi connectivity index (χ0) is 7.56. The Labute approximate surface area is 68.2 Å². The van der Waals surface area contributed by atoms with Crippen LogP contribution in [0.3, 0.4) is 0 Å². The van der Waals surface area contributed by atoms with Crippen LogP contribution in [0.25, 0.3) is 0 Å². The molecule has 1 rings (SSSR count). The molecule has 2 heteroatoms. The van der Waals surface area contributed by atoms with Gasteiger partial charge in [-0.25, -0.2) is 4.39 Å². The average molecular weight is 203 g/mol. The lowest BCUT2D eigenvalue weighted by molar-refractivity contribution is 0.625. The first kappa shape index (κ1) is 7.73. The zero-order valence-electron chi connectivity index (χ0n) is 5.70. The fourth-order valence-corrected chi connectivity index (χ4v) is 1.34. The van der Waals surface area contributed by atoms with Crippen LogP contribution < -0.4 is 0 Å². The molecule has 54 valence electrons. The molecule has 0 unspecified atom stereocenters. The van der Waals surface area contributed by atoms with Gasteiger partial charge in [-0.05, 0) is 30.2 Å². The van der Waals surface area contributed by atoms with Gasteiger partial charge in [-0.1, -0.05) is 22.9 Å². The molecule has 0 nitrogen and oxygen atoms in total. The lowest BCUT2D eigenvalue weighted by atomic mass is 10.2. The number of hydrogen-bond acceptors (Lipinski definition) is 0. The molecule has 10 heavy (non-hydrogen) atoms. The van der Waals surface area contributed by atoms with E-state index in [0.29, 0.717) is 0 Å². The molecule has 1 aromatic carbocycles. The Bertz CT molecular complexity index is 233. The van der Waals surface area contributed by atoms with Crippen molar-refractivity contribution in [2.45, 2.75) is 13.3 Å². The van der Waals surface area contributed by atoms with Gasteiger partial charge in [0, 0.05) is 4.47 Å². The van der Waals surface area contributed by atoms with Crippen LogP contribution in [0.15, 0.2) is 22.7 Å². The first-order chi connectivity index (χ1) is 4.74. The summed E-state index contributed by atoms with van der Waals surface area (Å²) < 4.78 is 13.5. The van der Waals surface area contributed by atoms with Gasteiger partial charge in [-0.3, -0.25) is 0 Å². The second-order valence-electron chi connectivity index (χ2n) is 2.09. The van der Waals surface area contributed by atoms with E-state index in [4.69, 9.17) is 0 Å². The van der Waals surface area contributed by atoms with E-state index in [1.54, 1.807) is 12.1 Å². The van der Waals surface area contributed by atoms with Crippen molar-refractivity contribution in [2.75, 3.05) is 0 Å². The Hall–Kier alpha value is -0.370. The Morgan fingerprint density at radius 1 is 1.50 bits per heavy atom. The van der Waals surface area contributed by atoms with Crippen LogP contribution in [0.5, 0.6) is 0 Å². The first-order valence-corrected chi connectivity index (χ1v) is 3.97. The second-order valence-corrected chi connectivity index (χ2v) is 2.94. The molecule has 0 aromatic heterocycles. The Balaban J connectivity index is 3.09. The maximum atomic E-state index is 12.5. The van der Waals surface area contributed by atoms with Crippen molar-refractivity contribution in [1.82, 2.24) is 0 Å². The van der Waals surface area contributed by atoms with E-state index in [1.807, 2.05) is 6.92 Å². The van der Waals surface area contributed by atoms with Crippen molar-refractivity contribution in [3.8, 4) is 0 Å². The number of aryl methyl sites for hydroxylation is 1. The van der Waals surface area contributed by atoms with Gasteiger partial charge in [-0.15, -0.1) is 0 Å². The highest BCUT2D eigenvalue weighted by molar-refractivity contribution is 9.10. The lowest BCUT2D eigenvalue weighted by Crippen LogP contribution is -1.83. The smallest absolute Gasteiger partial charge is 0.123 e. The minimum atomic E-state index is -0.167. The van der Waals surface area contributed by atoms with Crippen molar-refractivity contribution in [3.63, 3.8) is 0 Å². The maximum absolute atomic E-state index is 12.5. The van der Waals surface area contributed by atoms with Gasteiger partial charge in [0.05, 0.1) is 0 Å². The molecule has 0 amide bonds. The maximum Gasteiger partial charge on any atom is 0.123 e. The molecule has 0 heterocycles.